The van der Waals surface area contributed by atoms with Crippen molar-refractivity contribution in [1.29, 1.82) is 0 Å². The molecule has 1 N–H and O–H groups in total. The Morgan fingerprint density at radius 3 is 3.10 bits per heavy atom. The Morgan fingerprint density at radius 1 is 1.80 bits per heavy atom. The van der Waals surface area contributed by atoms with Gasteiger partial charge in [-0.2, -0.15) is 5.10 Å². The van der Waals surface area contributed by atoms with E-state index in [1.54, 1.807) is 0 Å². The Kier molecular flexibility index (Phi) is 2.25. The normalized spacial score (nSPS) is 17.1. The predicted octanol–water partition coefficient (Wildman–Crippen LogP) is -0.101. The number of esters is 1. The number of nitrogens with one attached hydrogen (secondary N) is 1. The summed E-state index contributed by atoms with van der Waals surface area (Å²) in [5, 5.41) is 3.79. The van der Waals surface area contributed by atoms with Gasteiger partial charge in [0.2, 0.25) is 0 Å². The minimum Gasteiger partial charge on any atom is -0.464 e. The van der Waals surface area contributed by atoms with E-state index < -0.39 is 0 Å². The van der Waals surface area contributed by atoms with Crippen molar-refractivity contribution in [3.05, 3.63) is 0 Å². The lowest BCUT2D eigenvalue weighted by Gasteiger charge is -2.09. The van der Waals surface area contributed by atoms with Crippen LogP contribution in [0.3, 0.4) is 0 Å². The fraction of sp³-hybridized carbons (Fsp3) is 0.667. The van der Waals surface area contributed by atoms with Crippen LogP contribution in [-0.2, 0) is 9.53 Å². The molecule has 1 rings (SSSR count). The lowest BCUT2D eigenvalue weighted by atomic mass is 10.2. The third-order valence-electron chi connectivity index (χ3n) is 1.34. The average molecular weight is 142 g/mol. The predicted molar refractivity (Wildman–Crippen MR) is 36.7 cm³/mol. The SMILES string of the molecule is COC(=O)C1=NNCCC1. The van der Waals surface area contributed by atoms with Crippen LogP contribution >= 0.6 is 0 Å². The largest absolute Gasteiger partial charge is 0.464 e. The maximum absolute atomic E-state index is 10.8. The molecule has 0 saturated heterocycles. The Hall–Kier alpha value is -1.06. The van der Waals surface area contributed by atoms with Gasteiger partial charge >= 0.3 is 5.97 Å². The Balaban J connectivity index is 2.53. The summed E-state index contributed by atoms with van der Waals surface area (Å²) in [6.07, 6.45) is 1.67. The van der Waals surface area contributed by atoms with E-state index in [4.69, 9.17) is 0 Å². The molecule has 10 heavy (non-hydrogen) atoms. The van der Waals surface area contributed by atoms with Gasteiger partial charge in [-0.05, 0) is 6.42 Å². The smallest absolute Gasteiger partial charge is 0.354 e. The van der Waals surface area contributed by atoms with Crippen LogP contribution in [0.1, 0.15) is 12.8 Å². The number of hydrogen-bond acceptors (Lipinski definition) is 4. The first kappa shape index (κ1) is 7.05. The Morgan fingerprint density at radius 2 is 2.60 bits per heavy atom. The van der Waals surface area contributed by atoms with E-state index in [1.165, 1.54) is 7.11 Å². The molecule has 0 atom stereocenters. The van der Waals surface area contributed by atoms with Crippen LogP contribution in [-0.4, -0.2) is 25.3 Å². The number of carbonyl (C=O) groups excluding carboxylic acids is 1. The molecule has 0 radical (unpaired) electrons. The summed E-state index contributed by atoms with van der Waals surface area (Å²) in [5.41, 5.74) is 3.23. The second-order valence-corrected chi connectivity index (χ2v) is 2.06. The van der Waals surface area contributed by atoms with E-state index in [0.29, 0.717) is 5.71 Å². The standard InChI is InChI=1S/C6H10N2O2/c1-10-6(9)5-3-2-4-7-8-5/h7H,2-4H2,1H3. The molecule has 1 heterocycles. The van der Waals surface area contributed by atoms with Crippen molar-refractivity contribution in [3.8, 4) is 0 Å². The summed E-state index contributed by atoms with van der Waals surface area (Å²) < 4.78 is 4.48. The van der Waals surface area contributed by atoms with Crippen molar-refractivity contribution in [2.24, 2.45) is 5.10 Å². The molecule has 56 valence electrons. The molecule has 0 aromatic rings. The first-order valence-electron chi connectivity index (χ1n) is 3.22. The topological polar surface area (TPSA) is 50.7 Å². The molecule has 4 nitrogen and oxygen atoms in total. The van der Waals surface area contributed by atoms with Crippen LogP contribution in [0.15, 0.2) is 5.10 Å². The lowest BCUT2D eigenvalue weighted by molar-refractivity contribution is -0.132. The molecule has 1 aliphatic heterocycles. The molecule has 0 unspecified atom stereocenters. The summed E-state index contributed by atoms with van der Waals surface area (Å²) in [4.78, 5) is 10.8. The minimum absolute atomic E-state index is 0.327. The highest BCUT2D eigenvalue weighted by atomic mass is 16.5. The highest BCUT2D eigenvalue weighted by Gasteiger charge is 2.13. The van der Waals surface area contributed by atoms with Crippen molar-refractivity contribution in [2.45, 2.75) is 12.8 Å². The van der Waals surface area contributed by atoms with Crippen LogP contribution in [0, 0.1) is 0 Å². The summed E-state index contributed by atoms with van der Waals surface area (Å²) in [6, 6.07) is 0. The minimum atomic E-state index is -0.327. The van der Waals surface area contributed by atoms with E-state index in [0.717, 1.165) is 19.4 Å². The molecule has 0 spiro atoms. The van der Waals surface area contributed by atoms with Gasteiger partial charge in [-0.1, -0.05) is 0 Å². The second-order valence-electron chi connectivity index (χ2n) is 2.06. The zero-order valence-electron chi connectivity index (χ0n) is 5.89. The summed E-state index contributed by atoms with van der Waals surface area (Å²) in [6.45, 7) is 0.848. The van der Waals surface area contributed by atoms with E-state index in [1.807, 2.05) is 0 Å². The molecular weight excluding hydrogens is 132 g/mol. The molecule has 1 aliphatic rings. The van der Waals surface area contributed by atoms with Crippen molar-refractivity contribution < 1.29 is 9.53 Å². The molecule has 0 fully saturated rings. The molecule has 0 aliphatic carbocycles. The molecule has 4 heteroatoms. The second kappa shape index (κ2) is 3.20. The third kappa shape index (κ3) is 1.46. The van der Waals surface area contributed by atoms with Gasteiger partial charge in [-0.15, -0.1) is 0 Å². The highest BCUT2D eigenvalue weighted by Crippen LogP contribution is 1.98. The van der Waals surface area contributed by atoms with Crippen molar-refractivity contribution >= 4 is 11.7 Å². The number of hydrazone groups is 1. The monoisotopic (exact) mass is 142 g/mol. The van der Waals surface area contributed by atoms with E-state index >= 15 is 0 Å². The fourth-order valence-electron chi connectivity index (χ4n) is 0.808. The maximum Gasteiger partial charge on any atom is 0.354 e. The van der Waals surface area contributed by atoms with Gasteiger partial charge in [0, 0.05) is 13.0 Å². The maximum atomic E-state index is 10.8. The Labute approximate surface area is 59.2 Å². The first-order valence-corrected chi connectivity index (χ1v) is 3.22. The average Bonchev–Trinajstić information content (AvgIpc) is 2.05. The van der Waals surface area contributed by atoms with Gasteiger partial charge in [0.05, 0.1) is 7.11 Å². The van der Waals surface area contributed by atoms with Crippen molar-refractivity contribution in [2.75, 3.05) is 13.7 Å². The van der Waals surface area contributed by atoms with Crippen LogP contribution in [0.5, 0.6) is 0 Å². The molecule has 0 amide bonds. The quantitative estimate of drug-likeness (QED) is 0.520. The summed E-state index contributed by atoms with van der Waals surface area (Å²) >= 11 is 0. The molecular formula is C6H10N2O2. The summed E-state index contributed by atoms with van der Waals surface area (Å²) in [5.74, 6) is -0.327. The van der Waals surface area contributed by atoms with Gasteiger partial charge in [0.15, 0.2) is 0 Å². The Bertz CT molecular complexity index is 165. The van der Waals surface area contributed by atoms with Crippen LogP contribution < -0.4 is 5.43 Å². The van der Waals surface area contributed by atoms with E-state index in [9.17, 15) is 4.79 Å². The first-order chi connectivity index (χ1) is 4.84. The van der Waals surface area contributed by atoms with Gasteiger partial charge in [-0.3, -0.25) is 0 Å². The number of nitrogens with zero attached hydrogens (tertiary/aromatic N) is 1. The third-order valence-corrected chi connectivity index (χ3v) is 1.34. The molecule has 0 bridgehead atoms. The molecule has 0 saturated carbocycles. The van der Waals surface area contributed by atoms with Gasteiger partial charge in [0.25, 0.3) is 0 Å². The zero-order valence-corrected chi connectivity index (χ0v) is 5.89. The number of ether oxygens (including phenoxy) is 1. The molecule has 0 aromatic carbocycles. The molecule has 0 aromatic heterocycles. The van der Waals surface area contributed by atoms with Gasteiger partial charge in [0.1, 0.15) is 5.71 Å². The van der Waals surface area contributed by atoms with Crippen molar-refractivity contribution in [1.82, 2.24) is 5.43 Å². The fourth-order valence-corrected chi connectivity index (χ4v) is 0.808. The van der Waals surface area contributed by atoms with E-state index in [2.05, 4.69) is 15.3 Å². The zero-order chi connectivity index (χ0) is 7.40. The number of methoxy groups -OCH3 is 1. The van der Waals surface area contributed by atoms with Crippen LogP contribution in [0.4, 0.5) is 0 Å². The number of hydrogen-bond donors (Lipinski definition) is 1. The van der Waals surface area contributed by atoms with Crippen LogP contribution in [0.2, 0.25) is 0 Å². The summed E-state index contributed by atoms with van der Waals surface area (Å²) in [7, 11) is 1.36. The van der Waals surface area contributed by atoms with Crippen molar-refractivity contribution in [3.63, 3.8) is 0 Å². The number of rotatable bonds is 1. The highest BCUT2D eigenvalue weighted by molar-refractivity contribution is 6.36. The van der Waals surface area contributed by atoms with Gasteiger partial charge < -0.3 is 10.2 Å². The van der Waals surface area contributed by atoms with Gasteiger partial charge in [-0.25, -0.2) is 4.79 Å². The lowest BCUT2D eigenvalue weighted by Crippen LogP contribution is -2.25. The van der Waals surface area contributed by atoms with Crippen LogP contribution in [0.25, 0.3) is 0 Å². The number of carbonyl (C=O) groups is 1. The van der Waals surface area contributed by atoms with E-state index in [-0.39, 0.29) is 5.97 Å².